The summed E-state index contributed by atoms with van der Waals surface area (Å²) in [5.74, 6) is 0.280. The zero-order chi connectivity index (χ0) is 20.5. The van der Waals surface area contributed by atoms with Crippen LogP contribution in [0.2, 0.25) is 0 Å². The highest BCUT2D eigenvalue weighted by atomic mass is 32.1. The van der Waals surface area contributed by atoms with E-state index in [4.69, 9.17) is 9.47 Å². The Morgan fingerprint density at radius 2 is 2.07 bits per heavy atom. The van der Waals surface area contributed by atoms with E-state index in [1.807, 2.05) is 23.6 Å². The molecule has 29 heavy (non-hydrogen) atoms. The van der Waals surface area contributed by atoms with Crippen LogP contribution in [0.15, 0.2) is 52.5 Å². The number of fused-ring (bicyclic) bond motifs is 1. The van der Waals surface area contributed by atoms with Crippen LogP contribution in [-0.4, -0.2) is 31.7 Å². The van der Waals surface area contributed by atoms with Crippen molar-refractivity contribution in [3.8, 4) is 0 Å². The Kier molecular flexibility index (Phi) is 4.89. The fourth-order valence-electron chi connectivity index (χ4n) is 2.96. The van der Waals surface area contributed by atoms with Gasteiger partial charge in [0.05, 0.1) is 18.9 Å². The summed E-state index contributed by atoms with van der Waals surface area (Å²) in [7, 11) is 3.29. The Hall–Kier alpha value is -3.46. The van der Waals surface area contributed by atoms with Crippen LogP contribution in [0.1, 0.15) is 17.5 Å². The van der Waals surface area contributed by atoms with Crippen LogP contribution in [0.4, 0.5) is 0 Å². The van der Waals surface area contributed by atoms with E-state index in [1.54, 1.807) is 44.6 Å². The SMILES string of the molecule is CCOC(=O)/C=C1\C=C(c2cccs2)C=C(c2cnc3c(n2)n(C)c(=O)n3C)O1. The average Bonchev–Trinajstić information content (AvgIpc) is 3.32. The molecule has 0 spiro atoms. The van der Waals surface area contributed by atoms with Gasteiger partial charge < -0.3 is 9.47 Å². The van der Waals surface area contributed by atoms with Gasteiger partial charge in [-0.2, -0.15) is 0 Å². The van der Waals surface area contributed by atoms with Crippen molar-refractivity contribution in [2.75, 3.05) is 6.61 Å². The van der Waals surface area contributed by atoms with E-state index in [1.165, 1.54) is 15.2 Å². The number of aromatic nitrogens is 4. The van der Waals surface area contributed by atoms with Crippen LogP contribution in [0.3, 0.4) is 0 Å². The van der Waals surface area contributed by atoms with Crippen molar-refractivity contribution in [3.63, 3.8) is 0 Å². The molecule has 0 aliphatic carbocycles. The largest absolute Gasteiger partial charge is 0.463 e. The second-order valence-corrected chi connectivity index (χ2v) is 7.24. The molecule has 0 bridgehead atoms. The number of carbonyl (C=O) groups excluding carboxylic acids is 1. The maximum atomic E-state index is 12.1. The number of carbonyl (C=O) groups is 1. The minimum Gasteiger partial charge on any atom is -0.463 e. The van der Waals surface area contributed by atoms with E-state index in [2.05, 4.69) is 9.97 Å². The molecule has 0 radical (unpaired) electrons. The van der Waals surface area contributed by atoms with Gasteiger partial charge in [0.1, 0.15) is 11.5 Å². The van der Waals surface area contributed by atoms with Gasteiger partial charge in [-0.3, -0.25) is 9.13 Å². The van der Waals surface area contributed by atoms with Crippen molar-refractivity contribution >= 4 is 39.9 Å². The first kappa shape index (κ1) is 18.9. The van der Waals surface area contributed by atoms with Gasteiger partial charge >= 0.3 is 11.7 Å². The maximum Gasteiger partial charge on any atom is 0.334 e. The number of aryl methyl sites for hydroxylation is 2. The number of allylic oxidation sites excluding steroid dienone is 3. The van der Waals surface area contributed by atoms with Crippen molar-refractivity contribution in [1.82, 2.24) is 19.1 Å². The third-order valence-corrected chi connectivity index (χ3v) is 5.28. The van der Waals surface area contributed by atoms with Gasteiger partial charge in [0.2, 0.25) is 0 Å². The number of thiophene rings is 1. The number of hydrogen-bond donors (Lipinski definition) is 0. The molecule has 8 nitrogen and oxygen atoms in total. The molecule has 0 saturated heterocycles. The molecule has 0 fully saturated rings. The highest BCUT2D eigenvalue weighted by Gasteiger charge is 2.19. The van der Waals surface area contributed by atoms with Gasteiger partial charge in [-0.25, -0.2) is 19.6 Å². The summed E-state index contributed by atoms with van der Waals surface area (Å²) in [6, 6.07) is 3.93. The fraction of sp³-hybridized carbons (Fsp3) is 0.200. The number of hydrogen-bond acceptors (Lipinski definition) is 7. The van der Waals surface area contributed by atoms with Crippen molar-refractivity contribution < 1.29 is 14.3 Å². The van der Waals surface area contributed by atoms with Gasteiger partial charge in [-0.05, 0) is 36.1 Å². The van der Waals surface area contributed by atoms with Gasteiger partial charge in [0, 0.05) is 19.0 Å². The monoisotopic (exact) mass is 410 g/mol. The van der Waals surface area contributed by atoms with E-state index >= 15 is 0 Å². The molecular weight excluding hydrogens is 392 g/mol. The van der Waals surface area contributed by atoms with Gasteiger partial charge in [-0.1, -0.05) is 6.07 Å². The first-order valence-corrected chi connectivity index (χ1v) is 9.78. The lowest BCUT2D eigenvalue weighted by Crippen LogP contribution is -2.19. The molecular formula is C20H18N4O4S. The summed E-state index contributed by atoms with van der Waals surface area (Å²) < 4.78 is 13.8. The Labute approximate surface area is 170 Å². The number of nitrogens with zero attached hydrogens (tertiary/aromatic N) is 4. The Morgan fingerprint density at radius 3 is 2.79 bits per heavy atom. The molecule has 1 aliphatic heterocycles. The van der Waals surface area contributed by atoms with E-state index in [-0.39, 0.29) is 12.3 Å². The van der Waals surface area contributed by atoms with Crippen LogP contribution >= 0.6 is 11.3 Å². The van der Waals surface area contributed by atoms with Crippen LogP contribution < -0.4 is 5.69 Å². The summed E-state index contributed by atoms with van der Waals surface area (Å²) in [5, 5.41) is 1.97. The summed E-state index contributed by atoms with van der Waals surface area (Å²) in [5.41, 5.74) is 2.05. The van der Waals surface area contributed by atoms with Crippen molar-refractivity contribution in [3.05, 3.63) is 68.8 Å². The molecule has 4 rings (SSSR count). The fourth-order valence-corrected chi connectivity index (χ4v) is 3.68. The Morgan fingerprint density at radius 1 is 1.28 bits per heavy atom. The third-order valence-electron chi connectivity index (χ3n) is 4.36. The second kappa shape index (κ2) is 7.51. The standard InChI is InChI=1S/C20H18N4O4S/c1-4-27-17(25)10-13-8-12(16-6-5-7-29-16)9-15(28-13)14-11-21-18-19(22-14)24(3)20(26)23(18)2/h5-11H,4H2,1-3H3/b13-10+. The first-order chi connectivity index (χ1) is 14.0. The highest BCUT2D eigenvalue weighted by Crippen LogP contribution is 2.33. The molecule has 0 aromatic carbocycles. The lowest BCUT2D eigenvalue weighted by molar-refractivity contribution is -0.137. The number of rotatable bonds is 4. The quantitative estimate of drug-likeness (QED) is 0.485. The number of ether oxygens (including phenoxy) is 2. The van der Waals surface area contributed by atoms with E-state index in [0.717, 1.165) is 10.5 Å². The predicted octanol–water partition coefficient (Wildman–Crippen LogP) is 2.63. The molecule has 9 heteroatoms. The molecule has 4 heterocycles. The van der Waals surface area contributed by atoms with Crippen LogP contribution in [0.5, 0.6) is 0 Å². The molecule has 1 aliphatic rings. The Balaban J connectivity index is 1.81. The third kappa shape index (κ3) is 3.52. The zero-order valence-electron chi connectivity index (χ0n) is 16.1. The summed E-state index contributed by atoms with van der Waals surface area (Å²) >= 11 is 1.57. The van der Waals surface area contributed by atoms with E-state index in [9.17, 15) is 9.59 Å². The van der Waals surface area contributed by atoms with Crippen molar-refractivity contribution in [2.45, 2.75) is 6.92 Å². The summed E-state index contributed by atoms with van der Waals surface area (Å²) in [6.07, 6.45) is 6.46. The number of imidazole rings is 1. The topological polar surface area (TPSA) is 88.2 Å². The second-order valence-electron chi connectivity index (χ2n) is 6.29. The van der Waals surface area contributed by atoms with Crippen LogP contribution in [0.25, 0.3) is 22.6 Å². The minimum absolute atomic E-state index is 0.210. The summed E-state index contributed by atoms with van der Waals surface area (Å²) in [4.78, 5) is 34.0. The van der Waals surface area contributed by atoms with E-state index in [0.29, 0.717) is 28.5 Å². The smallest absolute Gasteiger partial charge is 0.334 e. The molecule has 0 amide bonds. The summed E-state index contributed by atoms with van der Waals surface area (Å²) in [6.45, 7) is 2.02. The molecule has 148 valence electrons. The molecule has 0 unspecified atom stereocenters. The molecule has 0 saturated carbocycles. The Bertz CT molecular complexity index is 1250. The zero-order valence-corrected chi connectivity index (χ0v) is 16.9. The van der Waals surface area contributed by atoms with Gasteiger partial charge in [0.25, 0.3) is 0 Å². The predicted molar refractivity (Wildman–Crippen MR) is 110 cm³/mol. The van der Waals surface area contributed by atoms with Gasteiger partial charge in [-0.15, -0.1) is 11.3 Å². The molecule has 0 N–H and O–H groups in total. The lowest BCUT2D eigenvalue weighted by Gasteiger charge is -2.16. The van der Waals surface area contributed by atoms with E-state index < -0.39 is 5.97 Å². The first-order valence-electron chi connectivity index (χ1n) is 8.90. The van der Waals surface area contributed by atoms with Crippen molar-refractivity contribution in [1.29, 1.82) is 0 Å². The lowest BCUT2D eigenvalue weighted by atomic mass is 10.1. The molecule has 0 atom stereocenters. The average molecular weight is 410 g/mol. The van der Waals surface area contributed by atoms with Crippen LogP contribution in [0, 0.1) is 0 Å². The maximum absolute atomic E-state index is 12.1. The normalized spacial score (nSPS) is 15.2. The molecule has 3 aromatic heterocycles. The molecule has 3 aromatic rings. The van der Waals surface area contributed by atoms with Gasteiger partial charge in [0.15, 0.2) is 17.1 Å². The highest BCUT2D eigenvalue weighted by molar-refractivity contribution is 7.11. The van der Waals surface area contributed by atoms with Crippen molar-refractivity contribution in [2.24, 2.45) is 14.1 Å². The van der Waals surface area contributed by atoms with Crippen LogP contribution in [-0.2, 0) is 28.4 Å². The minimum atomic E-state index is -0.488. The number of esters is 1.